The predicted octanol–water partition coefficient (Wildman–Crippen LogP) is 3.00. The fourth-order valence-corrected chi connectivity index (χ4v) is 1.38. The van der Waals surface area contributed by atoms with E-state index in [0.717, 1.165) is 12.4 Å². The van der Waals surface area contributed by atoms with E-state index in [0.29, 0.717) is 12.0 Å². The average molecular weight is 207 g/mol. The lowest BCUT2D eigenvalue weighted by Crippen LogP contribution is -2.14. The fourth-order valence-electron chi connectivity index (χ4n) is 1.38. The molecule has 84 valence electrons. The van der Waals surface area contributed by atoms with Crippen LogP contribution in [-0.4, -0.2) is 13.7 Å². The molecule has 0 radical (unpaired) electrons. The highest BCUT2D eigenvalue weighted by atomic mass is 16.5. The Morgan fingerprint density at radius 2 is 1.87 bits per heavy atom. The van der Waals surface area contributed by atoms with Crippen LogP contribution in [0.4, 0.5) is 0 Å². The van der Waals surface area contributed by atoms with Gasteiger partial charge in [0.25, 0.3) is 0 Å². The second-order valence-electron chi connectivity index (χ2n) is 4.25. The maximum atomic E-state index is 5.78. The molecule has 15 heavy (non-hydrogen) atoms. The maximum absolute atomic E-state index is 5.78. The predicted molar refractivity (Wildman–Crippen MR) is 64.2 cm³/mol. The number of ether oxygens (including phenoxy) is 1. The number of rotatable bonds is 5. The summed E-state index contributed by atoms with van der Waals surface area (Å²) in [5, 5.41) is 3.23. The molecule has 2 nitrogen and oxygen atoms in total. The Kier molecular flexibility index (Phi) is 4.63. The van der Waals surface area contributed by atoms with E-state index in [2.05, 4.69) is 32.2 Å². The van der Waals surface area contributed by atoms with E-state index < -0.39 is 0 Å². The van der Waals surface area contributed by atoms with Gasteiger partial charge in [0.15, 0.2) is 0 Å². The van der Waals surface area contributed by atoms with Gasteiger partial charge in [-0.25, -0.2) is 0 Å². The monoisotopic (exact) mass is 207 g/mol. The number of nitrogens with one attached hydrogen (secondary N) is 1. The SMILES string of the molecule is CN[C@H](C)c1ccccc1OCC(C)C. The molecule has 1 aromatic rings. The Bertz CT molecular complexity index is 296. The molecule has 0 aliphatic heterocycles. The van der Waals surface area contributed by atoms with E-state index in [1.165, 1.54) is 5.56 Å². The third kappa shape index (κ3) is 3.56. The van der Waals surface area contributed by atoms with Crippen LogP contribution < -0.4 is 10.1 Å². The van der Waals surface area contributed by atoms with E-state index >= 15 is 0 Å². The van der Waals surface area contributed by atoms with Crippen molar-refractivity contribution in [2.45, 2.75) is 26.8 Å². The molecule has 0 amide bonds. The molecule has 2 heteroatoms. The molecular formula is C13H21NO. The first-order valence-electron chi connectivity index (χ1n) is 5.54. The standard InChI is InChI=1S/C13H21NO/c1-10(2)9-15-13-8-6-5-7-12(13)11(3)14-4/h5-8,10-11,14H,9H2,1-4H3/t11-/m1/s1. The van der Waals surface area contributed by atoms with Crippen LogP contribution in [0.5, 0.6) is 5.75 Å². The summed E-state index contributed by atoms with van der Waals surface area (Å²) in [4.78, 5) is 0. The lowest BCUT2D eigenvalue weighted by Gasteiger charge is -2.17. The van der Waals surface area contributed by atoms with Crippen molar-refractivity contribution in [2.24, 2.45) is 5.92 Å². The number of para-hydroxylation sites is 1. The highest BCUT2D eigenvalue weighted by Gasteiger charge is 2.09. The molecule has 0 bridgehead atoms. The molecule has 1 aromatic carbocycles. The van der Waals surface area contributed by atoms with Crippen molar-refractivity contribution in [3.05, 3.63) is 29.8 Å². The van der Waals surface area contributed by atoms with Crippen molar-refractivity contribution in [2.75, 3.05) is 13.7 Å². The summed E-state index contributed by atoms with van der Waals surface area (Å²) < 4.78 is 5.78. The maximum Gasteiger partial charge on any atom is 0.124 e. The lowest BCUT2D eigenvalue weighted by atomic mass is 10.1. The van der Waals surface area contributed by atoms with E-state index in [1.807, 2.05) is 25.2 Å². The number of benzene rings is 1. The smallest absolute Gasteiger partial charge is 0.124 e. The Morgan fingerprint density at radius 3 is 2.47 bits per heavy atom. The van der Waals surface area contributed by atoms with Gasteiger partial charge in [0, 0.05) is 11.6 Å². The van der Waals surface area contributed by atoms with Crippen LogP contribution in [0.2, 0.25) is 0 Å². The van der Waals surface area contributed by atoms with Gasteiger partial charge in [-0.2, -0.15) is 0 Å². The molecule has 0 aliphatic carbocycles. The van der Waals surface area contributed by atoms with Crippen molar-refractivity contribution < 1.29 is 4.74 Å². The number of hydrogen-bond donors (Lipinski definition) is 1. The summed E-state index contributed by atoms with van der Waals surface area (Å²) >= 11 is 0. The van der Waals surface area contributed by atoms with E-state index in [4.69, 9.17) is 4.74 Å². The summed E-state index contributed by atoms with van der Waals surface area (Å²) in [7, 11) is 1.96. The topological polar surface area (TPSA) is 21.3 Å². The van der Waals surface area contributed by atoms with Gasteiger partial charge in [-0.1, -0.05) is 32.0 Å². The van der Waals surface area contributed by atoms with Gasteiger partial charge < -0.3 is 10.1 Å². The molecule has 0 spiro atoms. The first-order chi connectivity index (χ1) is 7.15. The molecule has 0 unspecified atom stereocenters. The molecule has 0 fully saturated rings. The van der Waals surface area contributed by atoms with E-state index in [1.54, 1.807) is 0 Å². The van der Waals surface area contributed by atoms with Crippen LogP contribution in [0.25, 0.3) is 0 Å². The zero-order valence-corrected chi connectivity index (χ0v) is 10.1. The average Bonchev–Trinajstić information content (AvgIpc) is 2.25. The van der Waals surface area contributed by atoms with Crippen LogP contribution in [0.3, 0.4) is 0 Å². The van der Waals surface area contributed by atoms with Gasteiger partial charge in [-0.05, 0) is 26.0 Å². The molecule has 0 heterocycles. The molecule has 0 saturated carbocycles. The van der Waals surface area contributed by atoms with Crippen molar-refractivity contribution in [1.82, 2.24) is 5.32 Å². The van der Waals surface area contributed by atoms with Gasteiger partial charge >= 0.3 is 0 Å². The second kappa shape index (κ2) is 5.76. The van der Waals surface area contributed by atoms with Crippen molar-refractivity contribution >= 4 is 0 Å². The summed E-state index contributed by atoms with van der Waals surface area (Å²) in [5.41, 5.74) is 1.22. The van der Waals surface area contributed by atoms with Gasteiger partial charge in [0.1, 0.15) is 5.75 Å². The first kappa shape index (κ1) is 12.1. The Labute approximate surface area is 92.6 Å². The molecule has 1 rings (SSSR count). The van der Waals surface area contributed by atoms with Crippen LogP contribution in [-0.2, 0) is 0 Å². The molecular weight excluding hydrogens is 186 g/mol. The molecule has 0 saturated heterocycles. The first-order valence-corrected chi connectivity index (χ1v) is 5.54. The van der Waals surface area contributed by atoms with Gasteiger partial charge in [-0.15, -0.1) is 0 Å². The Hall–Kier alpha value is -1.02. The van der Waals surface area contributed by atoms with Crippen molar-refractivity contribution in [3.8, 4) is 5.75 Å². The summed E-state index contributed by atoms with van der Waals surface area (Å²) in [6.45, 7) is 7.22. The van der Waals surface area contributed by atoms with Crippen LogP contribution in [0.15, 0.2) is 24.3 Å². The number of hydrogen-bond acceptors (Lipinski definition) is 2. The van der Waals surface area contributed by atoms with Gasteiger partial charge in [-0.3, -0.25) is 0 Å². The fraction of sp³-hybridized carbons (Fsp3) is 0.538. The van der Waals surface area contributed by atoms with E-state index in [-0.39, 0.29) is 0 Å². The molecule has 0 aliphatic rings. The third-order valence-corrected chi connectivity index (χ3v) is 2.39. The zero-order valence-electron chi connectivity index (χ0n) is 10.1. The molecule has 0 aromatic heterocycles. The van der Waals surface area contributed by atoms with Crippen LogP contribution in [0, 0.1) is 5.92 Å². The van der Waals surface area contributed by atoms with Crippen LogP contribution >= 0.6 is 0 Å². The van der Waals surface area contributed by atoms with E-state index in [9.17, 15) is 0 Å². The quantitative estimate of drug-likeness (QED) is 0.801. The highest BCUT2D eigenvalue weighted by molar-refractivity contribution is 5.35. The van der Waals surface area contributed by atoms with Crippen molar-refractivity contribution in [3.63, 3.8) is 0 Å². The lowest BCUT2D eigenvalue weighted by molar-refractivity contribution is 0.267. The Morgan fingerprint density at radius 1 is 1.20 bits per heavy atom. The zero-order chi connectivity index (χ0) is 11.3. The minimum absolute atomic E-state index is 0.327. The summed E-state index contributed by atoms with van der Waals surface area (Å²) in [5.74, 6) is 1.55. The highest BCUT2D eigenvalue weighted by Crippen LogP contribution is 2.24. The van der Waals surface area contributed by atoms with Gasteiger partial charge in [0.05, 0.1) is 6.61 Å². The minimum atomic E-state index is 0.327. The second-order valence-corrected chi connectivity index (χ2v) is 4.25. The normalized spacial score (nSPS) is 12.9. The Balaban J connectivity index is 2.77. The van der Waals surface area contributed by atoms with Crippen molar-refractivity contribution in [1.29, 1.82) is 0 Å². The summed E-state index contributed by atoms with van der Waals surface area (Å²) in [6.07, 6.45) is 0. The largest absolute Gasteiger partial charge is 0.493 e. The molecule has 1 atom stereocenters. The molecule has 1 N–H and O–H groups in total. The van der Waals surface area contributed by atoms with Crippen LogP contribution in [0.1, 0.15) is 32.4 Å². The summed E-state index contributed by atoms with van der Waals surface area (Å²) in [6, 6.07) is 8.53. The minimum Gasteiger partial charge on any atom is -0.493 e. The van der Waals surface area contributed by atoms with Gasteiger partial charge in [0.2, 0.25) is 0 Å². The third-order valence-electron chi connectivity index (χ3n) is 2.39.